The Bertz CT molecular complexity index is 3030. The lowest BCUT2D eigenvalue weighted by atomic mass is 10.1. The van der Waals surface area contributed by atoms with Gasteiger partial charge < -0.3 is 24.8 Å². The minimum Gasteiger partial charge on any atom is -0.448 e. The van der Waals surface area contributed by atoms with Crippen LogP contribution in [-0.4, -0.2) is 62.4 Å². The number of benzene rings is 3. The fourth-order valence-electron chi connectivity index (χ4n) is 5.71. The summed E-state index contributed by atoms with van der Waals surface area (Å²) in [5, 5.41) is 6.30. The van der Waals surface area contributed by atoms with E-state index in [2.05, 4.69) is 30.6 Å². The van der Waals surface area contributed by atoms with E-state index in [1.165, 1.54) is 43.2 Å². The van der Waals surface area contributed by atoms with Crippen LogP contribution < -0.4 is 36.0 Å². The molecular formula is C41H36F4N8O8S. The van der Waals surface area contributed by atoms with Crippen LogP contribution in [-0.2, 0) is 23.9 Å². The molecule has 0 aliphatic heterocycles. The number of amides is 1. The molecule has 2 N–H and O–H groups in total. The van der Waals surface area contributed by atoms with Gasteiger partial charge in [-0.15, -0.1) is 0 Å². The normalized spacial score (nSPS) is 11.7. The number of para-hydroxylation sites is 1. The smallest absolute Gasteiger partial charge is 0.412 e. The average molecular weight is 877 g/mol. The van der Waals surface area contributed by atoms with Gasteiger partial charge in [-0.2, -0.15) is 9.97 Å². The van der Waals surface area contributed by atoms with Gasteiger partial charge in [-0.1, -0.05) is 25.1 Å². The van der Waals surface area contributed by atoms with Crippen molar-refractivity contribution < 1.29 is 45.0 Å². The SMILES string of the molecule is CCC(CCNC(=O)Oc1ccccc1)Nc1ncc2cc(Oc3ccc(F)cc3F)c(=O)n(C)c2n1.Cn1c(=O)c(Oc2ccc(F)cc2F)cc2cnc(S(C)(=O)=O)nc21. The van der Waals surface area contributed by atoms with Gasteiger partial charge in [0.25, 0.3) is 11.1 Å². The third-order valence-corrected chi connectivity index (χ3v) is 9.77. The van der Waals surface area contributed by atoms with Gasteiger partial charge in [-0.3, -0.25) is 18.7 Å². The molecule has 1 unspecified atom stereocenters. The summed E-state index contributed by atoms with van der Waals surface area (Å²) in [6, 6.07) is 16.9. The van der Waals surface area contributed by atoms with Crippen LogP contribution in [0.2, 0.25) is 0 Å². The van der Waals surface area contributed by atoms with Gasteiger partial charge in [-0.05, 0) is 61.4 Å². The van der Waals surface area contributed by atoms with E-state index in [1.54, 1.807) is 24.3 Å². The van der Waals surface area contributed by atoms with E-state index in [9.17, 15) is 40.4 Å². The maximum Gasteiger partial charge on any atom is 0.412 e. The summed E-state index contributed by atoms with van der Waals surface area (Å²) >= 11 is 0. The average Bonchev–Trinajstić information content (AvgIpc) is 3.23. The molecule has 0 saturated carbocycles. The number of carbonyl (C=O) groups is 1. The zero-order chi connectivity index (χ0) is 44.7. The lowest BCUT2D eigenvalue weighted by molar-refractivity contribution is 0.200. The summed E-state index contributed by atoms with van der Waals surface area (Å²) in [5.41, 5.74) is -0.801. The molecule has 21 heteroatoms. The third-order valence-electron chi connectivity index (χ3n) is 8.91. The molecule has 0 saturated heterocycles. The van der Waals surface area contributed by atoms with Crippen molar-refractivity contribution in [3.05, 3.63) is 135 Å². The predicted octanol–water partition coefficient (Wildman–Crippen LogP) is 6.57. The van der Waals surface area contributed by atoms with Gasteiger partial charge in [-0.25, -0.2) is 40.7 Å². The number of aromatic nitrogens is 6. The second-order valence-electron chi connectivity index (χ2n) is 13.4. The Morgan fingerprint density at radius 2 is 1.27 bits per heavy atom. The maximum absolute atomic E-state index is 14.0. The van der Waals surface area contributed by atoms with E-state index in [4.69, 9.17) is 14.2 Å². The Morgan fingerprint density at radius 1 is 0.742 bits per heavy atom. The standard InChI is InChI=1S/C26H25F2N5O4.C15H11F2N3O4S/c1-3-18(11-12-29-26(35)36-19-7-5-4-6-8-19)31-25-30-15-16-13-22(24(34)33(2)23(16)32-25)37-21-10-9-17(27)14-20(21)28;1-20-13-8(7-18-15(19-13)25(2,22)23)5-12(14(20)21)24-11-4-3-9(16)6-10(11)17/h4-10,13-15,18H,3,11-12H2,1-2H3,(H,29,35)(H,30,31,32);3-7H,1-2H3. The molecule has 0 aliphatic carbocycles. The van der Waals surface area contributed by atoms with Crippen molar-refractivity contribution in [1.29, 1.82) is 0 Å². The van der Waals surface area contributed by atoms with E-state index < -0.39 is 55.5 Å². The fraction of sp³-hybridized carbons (Fsp3) is 0.195. The molecule has 7 rings (SSSR count). The Balaban J connectivity index is 0.000000223. The number of hydrogen-bond donors (Lipinski definition) is 2. The Kier molecular flexibility index (Phi) is 13.4. The van der Waals surface area contributed by atoms with Crippen LogP contribution in [0.25, 0.3) is 22.1 Å². The number of ether oxygens (including phenoxy) is 3. The number of hydrogen-bond acceptors (Lipinski definition) is 13. The highest BCUT2D eigenvalue weighted by Crippen LogP contribution is 2.27. The third kappa shape index (κ3) is 10.7. The van der Waals surface area contributed by atoms with Gasteiger partial charge in [0.05, 0.1) is 0 Å². The van der Waals surface area contributed by atoms with Gasteiger partial charge in [0, 0.05) is 68.2 Å². The Labute approximate surface area is 349 Å². The first-order chi connectivity index (χ1) is 29.5. The molecule has 4 heterocycles. The molecule has 0 fully saturated rings. The maximum atomic E-state index is 14.0. The molecule has 16 nitrogen and oxygen atoms in total. The van der Waals surface area contributed by atoms with Crippen LogP contribution in [0, 0.1) is 23.3 Å². The number of nitrogens with zero attached hydrogens (tertiary/aromatic N) is 6. The quantitative estimate of drug-likeness (QED) is 0.0988. The number of rotatable bonds is 12. The van der Waals surface area contributed by atoms with Gasteiger partial charge >= 0.3 is 6.09 Å². The highest BCUT2D eigenvalue weighted by atomic mass is 32.2. The van der Waals surface area contributed by atoms with Crippen LogP contribution in [0.4, 0.5) is 28.3 Å². The van der Waals surface area contributed by atoms with E-state index >= 15 is 0 Å². The second-order valence-corrected chi connectivity index (χ2v) is 15.4. The Morgan fingerprint density at radius 3 is 1.79 bits per heavy atom. The molecule has 0 radical (unpaired) electrons. The van der Waals surface area contributed by atoms with Crippen LogP contribution in [0.3, 0.4) is 0 Å². The number of carbonyl (C=O) groups excluding carboxylic acids is 1. The number of fused-ring (bicyclic) bond motifs is 2. The zero-order valence-corrected chi connectivity index (χ0v) is 34.0. The van der Waals surface area contributed by atoms with Gasteiger partial charge in [0.2, 0.25) is 20.9 Å². The van der Waals surface area contributed by atoms with E-state index in [0.717, 1.165) is 41.5 Å². The molecule has 62 heavy (non-hydrogen) atoms. The largest absolute Gasteiger partial charge is 0.448 e. The molecule has 4 aromatic heterocycles. The number of aryl methyl sites for hydroxylation is 2. The number of sulfone groups is 1. The summed E-state index contributed by atoms with van der Waals surface area (Å²) < 4.78 is 95.0. The van der Waals surface area contributed by atoms with Crippen LogP contribution in [0.15, 0.2) is 106 Å². The highest BCUT2D eigenvalue weighted by Gasteiger charge is 2.18. The fourth-order valence-corrected chi connectivity index (χ4v) is 6.20. The molecule has 1 atom stereocenters. The van der Waals surface area contributed by atoms with Crippen molar-refractivity contribution in [2.75, 3.05) is 18.1 Å². The predicted molar refractivity (Wildman–Crippen MR) is 218 cm³/mol. The van der Waals surface area contributed by atoms with Crippen LogP contribution in [0.5, 0.6) is 28.7 Å². The van der Waals surface area contributed by atoms with Crippen molar-refractivity contribution in [1.82, 2.24) is 34.4 Å². The van der Waals surface area contributed by atoms with Crippen LogP contribution >= 0.6 is 0 Å². The lowest BCUT2D eigenvalue weighted by Crippen LogP contribution is -2.32. The van der Waals surface area contributed by atoms with Crippen molar-refractivity contribution in [2.24, 2.45) is 14.1 Å². The summed E-state index contributed by atoms with van der Waals surface area (Å²) in [7, 11) is -0.779. The van der Waals surface area contributed by atoms with Crippen molar-refractivity contribution in [3.8, 4) is 28.7 Å². The summed E-state index contributed by atoms with van der Waals surface area (Å²) in [6.07, 6.45) is 4.44. The van der Waals surface area contributed by atoms with E-state index in [1.807, 2.05) is 13.0 Å². The first-order valence-corrected chi connectivity index (χ1v) is 20.4. The number of halogens is 4. The first-order valence-electron chi connectivity index (χ1n) is 18.5. The minimum atomic E-state index is -3.65. The summed E-state index contributed by atoms with van der Waals surface area (Å²) in [5.74, 6) is -3.65. The van der Waals surface area contributed by atoms with Gasteiger partial charge in [0.1, 0.15) is 28.7 Å². The molecule has 3 aromatic carbocycles. The molecule has 0 spiro atoms. The molecule has 322 valence electrons. The monoisotopic (exact) mass is 876 g/mol. The Hall–Kier alpha value is -7.42. The minimum absolute atomic E-state index is 0.0597. The number of anilines is 1. The molecule has 0 aliphatic rings. The van der Waals surface area contributed by atoms with Crippen LogP contribution in [0.1, 0.15) is 19.8 Å². The molecule has 1 amide bonds. The number of nitrogens with one attached hydrogen (secondary N) is 2. The summed E-state index contributed by atoms with van der Waals surface area (Å²) in [6.45, 7) is 2.35. The molecule has 0 bridgehead atoms. The van der Waals surface area contributed by atoms with Gasteiger partial charge in [0.15, 0.2) is 34.6 Å². The lowest BCUT2D eigenvalue weighted by Gasteiger charge is -2.18. The van der Waals surface area contributed by atoms with E-state index in [-0.39, 0.29) is 34.7 Å². The summed E-state index contributed by atoms with van der Waals surface area (Å²) in [4.78, 5) is 53.5. The second kappa shape index (κ2) is 18.9. The van der Waals surface area contributed by atoms with Crippen molar-refractivity contribution in [2.45, 2.75) is 31.0 Å². The molecule has 7 aromatic rings. The zero-order valence-electron chi connectivity index (χ0n) is 33.2. The topological polar surface area (TPSA) is 199 Å². The molecular weight excluding hydrogens is 841 g/mol. The van der Waals surface area contributed by atoms with Crippen molar-refractivity contribution >= 4 is 43.9 Å². The van der Waals surface area contributed by atoms with E-state index in [0.29, 0.717) is 53.2 Å². The highest BCUT2D eigenvalue weighted by molar-refractivity contribution is 7.90. The van der Waals surface area contributed by atoms with Crippen molar-refractivity contribution in [3.63, 3.8) is 0 Å². The first kappa shape index (κ1) is 44.1. The number of pyridine rings is 2.